The molecule has 1 aliphatic heterocycles. The van der Waals surface area contributed by atoms with E-state index in [4.69, 9.17) is 0 Å². The van der Waals surface area contributed by atoms with Crippen molar-refractivity contribution >= 4 is 29.1 Å². The number of thioether (sulfide) groups is 1. The van der Waals surface area contributed by atoms with E-state index in [2.05, 4.69) is 10.6 Å². The standard InChI is InChI=1S/C24H23FN2O2S/c1-14-21(24(29)27-17-10-8-16(25)9-11-17)22(15-6-12-18(30-2)13-7-15)23-19(26-14)4-3-5-20(23)28/h6-13,22,26H,3-5H2,1-2H3,(H,27,29). The number of nitrogens with one attached hydrogen (secondary N) is 2. The Morgan fingerprint density at radius 3 is 2.47 bits per heavy atom. The quantitative estimate of drug-likeness (QED) is 0.669. The minimum absolute atomic E-state index is 0.0854. The third-order valence-corrected chi connectivity index (χ3v) is 6.32. The molecule has 4 rings (SSSR count). The van der Waals surface area contributed by atoms with Crippen LogP contribution in [-0.4, -0.2) is 17.9 Å². The first-order valence-electron chi connectivity index (χ1n) is 9.93. The molecule has 30 heavy (non-hydrogen) atoms. The van der Waals surface area contributed by atoms with Gasteiger partial charge in [-0.25, -0.2) is 4.39 Å². The monoisotopic (exact) mass is 422 g/mol. The first kappa shape index (κ1) is 20.4. The lowest BCUT2D eigenvalue weighted by Crippen LogP contribution is -2.35. The van der Waals surface area contributed by atoms with Crippen molar-refractivity contribution in [3.63, 3.8) is 0 Å². The normalized spacial score (nSPS) is 18.8. The zero-order valence-corrected chi connectivity index (χ0v) is 17.7. The van der Waals surface area contributed by atoms with Crippen LogP contribution in [0, 0.1) is 5.82 Å². The predicted octanol–water partition coefficient (Wildman–Crippen LogP) is 5.15. The Balaban J connectivity index is 1.76. The van der Waals surface area contributed by atoms with E-state index in [1.54, 1.807) is 11.8 Å². The van der Waals surface area contributed by atoms with Crippen LogP contribution in [0.3, 0.4) is 0 Å². The lowest BCUT2D eigenvalue weighted by Gasteiger charge is -2.34. The van der Waals surface area contributed by atoms with Crippen LogP contribution in [0.4, 0.5) is 10.1 Å². The number of amides is 1. The molecule has 0 saturated carbocycles. The highest BCUT2D eigenvalue weighted by Crippen LogP contribution is 2.42. The molecule has 6 heteroatoms. The van der Waals surface area contributed by atoms with E-state index < -0.39 is 5.92 Å². The van der Waals surface area contributed by atoms with Crippen LogP contribution in [0.25, 0.3) is 0 Å². The van der Waals surface area contributed by atoms with Gasteiger partial charge in [0, 0.05) is 45.5 Å². The van der Waals surface area contributed by atoms with Crippen LogP contribution >= 0.6 is 11.8 Å². The second kappa shape index (κ2) is 8.48. The molecule has 1 amide bonds. The van der Waals surface area contributed by atoms with Crippen molar-refractivity contribution in [2.45, 2.75) is 37.0 Å². The maximum atomic E-state index is 13.3. The Labute approximate surface area is 179 Å². The van der Waals surface area contributed by atoms with Crippen LogP contribution in [-0.2, 0) is 9.59 Å². The van der Waals surface area contributed by atoms with Gasteiger partial charge in [-0.05, 0) is 68.0 Å². The third kappa shape index (κ3) is 3.92. The first-order valence-corrected chi connectivity index (χ1v) is 11.2. The highest BCUT2D eigenvalue weighted by atomic mass is 32.2. The van der Waals surface area contributed by atoms with Gasteiger partial charge in [0.15, 0.2) is 5.78 Å². The predicted molar refractivity (Wildman–Crippen MR) is 118 cm³/mol. The number of Topliss-reactive ketones (excluding diaryl/α,β-unsaturated/α-hetero) is 1. The summed E-state index contributed by atoms with van der Waals surface area (Å²) in [4.78, 5) is 27.3. The molecule has 0 bridgehead atoms. The van der Waals surface area contributed by atoms with Crippen LogP contribution < -0.4 is 10.6 Å². The van der Waals surface area contributed by atoms with Gasteiger partial charge in [-0.1, -0.05) is 12.1 Å². The van der Waals surface area contributed by atoms with E-state index in [0.29, 0.717) is 23.3 Å². The second-order valence-corrected chi connectivity index (χ2v) is 8.38. The van der Waals surface area contributed by atoms with E-state index in [1.165, 1.54) is 24.3 Å². The summed E-state index contributed by atoms with van der Waals surface area (Å²) < 4.78 is 13.2. The number of benzene rings is 2. The zero-order valence-electron chi connectivity index (χ0n) is 16.9. The van der Waals surface area contributed by atoms with Crippen LogP contribution in [0.15, 0.2) is 76.0 Å². The largest absolute Gasteiger partial charge is 0.362 e. The molecule has 2 aromatic rings. The van der Waals surface area contributed by atoms with E-state index in [0.717, 1.165) is 34.7 Å². The van der Waals surface area contributed by atoms with Gasteiger partial charge in [0.05, 0.1) is 0 Å². The lowest BCUT2D eigenvalue weighted by molar-refractivity contribution is -0.116. The molecule has 4 nitrogen and oxygen atoms in total. The molecule has 2 aromatic carbocycles. The summed E-state index contributed by atoms with van der Waals surface area (Å²) in [6.45, 7) is 1.87. The number of ketones is 1. The fourth-order valence-electron chi connectivity index (χ4n) is 4.15. The van der Waals surface area contributed by atoms with Crippen LogP contribution in [0.1, 0.15) is 37.7 Å². The summed E-state index contributed by atoms with van der Waals surface area (Å²) >= 11 is 1.64. The molecule has 1 heterocycles. The summed E-state index contributed by atoms with van der Waals surface area (Å²) in [5, 5.41) is 6.17. The molecule has 1 unspecified atom stereocenters. The first-order chi connectivity index (χ1) is 14.5. The minimum atomic E-state index is -0.426. The molecule has 2 N–H and O–H groups in total. The molecule has 2 aliphatic rings. The Kier molecular flexibility index (Phi) is 5.77. The summed E-state index contributed by atoms with van der Waals surface area (Å²) in [6.07, 6.45) is 4.11. The molecular formula is C24H23FN2O2S. The van der Waals surface area contributed by atoms with Crippen molar-refractivity contribution in [3.8, 4) is 0 Å². The summed E-state index contributed by atoms with van der Waals surface area (Å²) in [5.41, 5.74) is 4.29. The molecule has 0 radical (unpaired) electrons. The highest BCUT2D eigenvalue weighted by molar-refractivity contribution is 7.98. The van der Waals surface area contributed by atoms with Crippen molar-refractivity contribution in [2.24, 2.45) is 0 Å². The number of rotatable bonds is 4. The van der Waals surface area contributed by atoms with Gasteiger partial charge >= 0.3 is 0 Å². The number of hydrogen-bond acceptors (Lipinski definition) is 4. The van der Waals surface area contributed by atoms with Gasteiger partial charge in [0.1, 0.15) is 5.82 Å². The maximum Gasteiger partial charge on any atom is 0.254 e. The highest BCUT2D eigenvalue weighted by Gasteiger charge is 2.38. The molecule has 1 aliphatic carbocycles. The van der Waals surface area contributed by atoms with Gasteiger partial charge in [-0.15, -0.1) is 11.8 Å². The topological polar surface area (TPSA) is 58.2 Å². The van der Waals surface area contributed by atoms with E-state index in [1.807, 2.05) is 37.4 Å². The van der Waals surface area contributed by atoms with Crippen molar-refractivity contribution < 1.29 is 14.0 Å². The van der Waals surface area contributed by atoms with Crippen molar-refractivity contribution in [1.29, 1.82) is 0 Å². The van der Waals surface area contributed by atoms with Gasteiger partial charge < -0.3 is 10.6 Å². The average molecular weight is 423 g/mol. The lowest BCUT2D eigenvalue weighted by atomic mass is 9.75. The molecule has 0 fully saturated rings. The number of allylic oxidation sites excluding steroid dienone is 3. The molecule has 1 atom stereocenters. The molecule has 0 saturated heterocycles. The maximum absolute atomic E-state index is 13.3. The van der Waals surface area contributed by atoms with Crippen LogP contribution in [0.5, 0.6) is 0 Å². The van der Waals surface area contributed by atoms with Gasteiger partial charge in [0.25, 0.3) is 5.91 Å². The van der Waals surface area contributed by atoms with E-state index in [-0.39, 0.29) is 17.5 Å². The number of halogens is 1. The Bertz CT molecular complexity index is 1060. The summed E-state index contributed by atoms with van der Waals surface area (Å²) in [5.74, 6) is -1.000. The fraction of sp³-hybridized carbons (Fsp3) is 0.250. The molecule has 0 spiro atoms. The summed E-state index contributed by atoms with van der Waals surface area (Å²) in [7, 11) is 0. The Morgan fingerprint density at radius 1 is 1.10 bits per heavy atom. The van der Waals surface area contributed by atoms with Crippen LogP contribution in [0.2, 0.25) is 0 Å². The van der Waals surface area contributed by atoms with Gasteiger partial charge in [-0.2, -0.15) is 0 Å². The molecular weight excluding hydrogens is 399 g/mol. The molecule has 154 valence electrons. The van der Waals surface area contributed by atoms with Crippen molar-refractivity contribution in [2.75, 3.05) is 11.6 Å². The number of carbonyl (C=O) groups excluding carboxylic acids is 2. The number of carbonyl (C=O) groups is 2. The van der Waals surface area contributed by atoms with Gasteiger partial charge in [0.2, 0.25) is 0 Å². The Hall–Kier alpha value is -2.86. The summed E-state index contributed by atoms with van der Waals surface area (Å²) in [6, 6.07) is 13.7. The molecule has 0 aromatic heterocycles. The van der Waals surface area contributed by atoms with E-state index >= 15 is 0 Å². The Morgan fingerprint density at radius 2 is 1.80 bits per heavy atom. The van der Waals surface area contributed by atoms with Gasteiger partial charge in [-0.3, -0.25) is 9.59 Å². The fourth-order valence-corrected chi connectivity index (χ4v) is 4.55. The smallest absolute Gasteiger partial charge is 0.254 e. The second-order valence-electron chi connectivity index (χ2n) is 7.50. The third-order valence-electron chi connectivity index (χ3n) is 5.57. The number of dihydropyridines is 1. The zero-order chi connectivity index (χ0) is 21.3. The number of hydrogen-bond donors (Lipinski definition) is 2. The van der Waals surface area contributed by atoms with Crippen molar-refractivity contribution in [3.05, 3.63) is 82.5 Å². The van der Waals surface area contributed by atoms with E-state index in [9.17, 15) is 14.0 Å². The average Bonchev–Trinajstić information content (AvgIpc) is 2.74. The van der Waals surface area contributed by atoms with Crippen molar-refractivity contribution in [1.82, 2.24) is 5.32 Å². The minimum Gasteiger partial charge on any atom is -0.362 e. The number of anilines is 1. The SMILES string of the molecule is CSc1ccc(C2C(C(=O)Nc3ccc(F)cc3)=C(C)NC3=C2C(=O)CCC3)cc1.